The van der Waals surface area contributed by atoms with E-state index < -0.39 is 0 Å². The topological polar surface area (TPSA) is 51.2 Å². The third-order valence-corrected chi connectivity index (χ3v) is 3.36. The summed E-state index contributed by atoms with van der Waals surface area (Å²) in [6.07, 6.45) is 0. The van der Waals surface area contributed by atoms with Crippen molar-refractivity contribution in [3.8, 4) is 0 Å². The predicted molar refractivity (Wildman–Crippen MR) is 76.8 cm³/mol. The lowest BCUT2D eigenvalue weighted by molar-refractivity contribution is 0.453. The van der Waals surface area contributed by atoms with Crippen LogP contribution in [0.2, 0.25) is 5.22 Å². The quantitative estimate of drug-likeness (QED) is 0.565. The lowest BCUT2D eigenvalue weighted by atomic mass is 10.0. The predicted octanol–water partition coefficient (Wildman–Crippen LogP) is 3.64. The van der Waals surface area contributed by atoms with Crippen LogP contribution in [-0.2, 0) is 0 Å². The molecule has 0 saturated carbocycles. The van der Waals surface area contributed by atoms with Crippen LogP contribution < -0.4 is 11.3 Å². The van der Waals surface area contributed by atoms with Crippen LogP contribution >= 0.6 is 11.6 Å². The summed E-state index contributed by atoms with van der Waals surface area (Å²) in [6, 6.07) is 17.7. The number of rotatable bonds is 3. The molecule has 4 heteroatoms. The number of hydrazine groups is 1. The number of fused-ring (bicyclic) bond motifs is 1. The fourth-order valence-corrected chi connectivity index (χ4v) is 2.37. The SMILES string of the molecule is NNC(c1ccc2ccccc2c1)c1ccc(Cl)o1. The Morgan fingerprint density at radius 2 is 1.79 bits per heavy atom. The smallest absolute Gasteiger partial charge is 0.193 e. The molecule has 0 saturated heterocycles. The summed E-state index contributed by atoms with van der Waals surface area (Å²) in [5, 5.41) is 2.72. The van der Waals surface area contributed by atoms with Gasteiger partial charge in [0.2, 0.25) is 0 Å². The first-order valence-electron chi connectivity index (χ1n) is 5.98. The monoisotopic (exact) mass is 272 g/mol. The summed E-state index contributed by atoms with van der Waals surface area (Å²) in [5.74, 6) is 6.33. The molecule has 0 aliphatic rings. The second-order valence-electron chi connectivity index (χ2n) is 4.35. The van der Waals surface area contributed by atoms with Crippen LogP contribution in [0.15, 0.2) is 59.0 Å². The summed E-state index contributed by atoms with van der Waals surface area (Å²) in [5.41, 5.74) is 3.79. The highest BCUT2D eigenvalue weighted by Crippen LogP contribution is 2.27. The van der Waals surface area contributed by atoms with Crippen molar-refractivity contribution in [2.24, 2.45) is 5.84 Å². The number of hydrogen-bond acceptors (Lipinski definition) is 3. The zero-order chi connectivity index (χ0) is 13.2. The van der Waals surface area contributed by atoms with E-state index in [4.69, 9.17) is 21.9 Å². The van der Waals surface area contributed by atoms with Crippen LogP contribution in [0.3, 0.4) is 0 Å². The average Bonchev–Trinajstić information content (AvgIpc) is 2.86. The number of halogens is 1. The Morgan fingerprint density at radius 3 is 2.47 bits per heavy atom. The molecule has 1 atom stereocenters. The molecule has 0 spiro atoms. The number of hydrogen-bond donors (Lipinski definition) is 2. The Hall–Kier alpha value is -1.81. The van der Waals surface area contributed by atoms with Crippen molar-refractivity contribution in [3.63, 3.8) is 0 Å². The molecule has 0 amide bonds. The van der Waals surface area contributed by atoms with Gasteiger partial charge in [0.15, 0.2) is 5.22 Å². The van der Waals surface area contributed by atoms with Gasteiger partial charge in [-0.15, -0.1) is 0 Å². The van der Waals surface area contributed by atoms with Gasteiger partial charge in [-0.2, -0.15) is 0 Å². The van der Waals surface area contributed by atoms with Crippen LogP contribution in [0, 0.1) is 0 Å². The zero-order valence-electron chi connectivity index (χ0n) is 10.1. The van der Waals surface area contributed by atoms with E-state index in [9.17, 15) is 0 Å². The third kappa shape index (κ3) is 2.36. The molecule has 0 radical (unpaired) electrons. The Kier molecular flexibility index (Phi) is 3.25. The highest BCUT2D eigenvalue weighted by molar-refractivity contribution is 6.28. The van der Waals surface area contributed by atoms with Gasteiger partial charge in [-0.1, -0.05) is 36.4 Å². The van der Waals surface area contributed by atoms with Gasteiger partial charge in [0.25, 0.3) is 0 Å². The Morgan fingerprint density at radius 1 is 1.00 bits per heavy atom. The molecular formula is C15H13ClN2O. The molecule has 96 valence electrons. The molecule has 1 heterocycles. The summed E-state index contributed by atoms with van der Waals surface area (Å²) >= 11 is 5.81. The molecule has 3 aromatic rings. The number of benzene rings is 2. The first kappa shape index (κ1) is 12.2. The maximum Gasteiger partial charge on any atom is 0.193 e. The molecule has 1 unspecified atom stereocenters. The second-order valence-corrected chi connectivity index (χ2v) is 4.72. The molecular weight excluding hydrogens is 260 g/mol. The summed E-state index contributed by atoms with van der Waals surface area (Å²) in [4.78, 5) is 0. The first-order valence-corrected chi connectivity index (χ1v) is 6.36. The van der Waals surface area contributed by atoms with E-state index >= 15 is 0 Å². The van der Waals surface area contributed by atoms with Crippen molar-refractivity contribution in [2.45, 2.75) is 6.04 Å². The van der Waals surface area contributed by atoms with Gasteiger partial charge in [-0.05, 0) is 46.1 Å². The van der Waals surface area contributed by atoms with Crippen molar-refractivity contribution in [2.75, 3.05) is 0 Å². The molecule has 3 nitrogen and oxygen atoms in total. The molecule has 0 bridgehead atoms. The van der Waals surface area contributed by atoms with Crippen molar-refractivity contribution in [1.29, 1.82) is 0 Å². The number of furan rings is 1. The summed E-state index contributed by atoms with van der Waals surface area (Å²) in [6.45, 7) is 0. The third-order valence-electron chi connectivity index (χ3n) is 3.15. The van der Waals surface area contributed by atoms with Gasteiger partial charge >= 0.3 is 0 Å². The first-order chi connectivity index (χ1) is 9.28. The van der Waals surface area contributed by atoms with Gasteiger partial charge in [0.1, 0.15) is 11.8 Å². The molecule has 0 aliphatic carbocycles. The largest absolute Gasteiger partial charge is 0.448 e. The average molecular weight is 273 g/mol. The summed E-state index contributed by atoms with van der Waals surface area (Å²) < 4.78 is 5.43. The zero-order valence-corrected chi connectivity index (χ0v) is 10.9. The van der Waals surface area contributed by atoms with Crippen LogP contribution in [0.25, 0.3) is 10.8 Å². The van der Waals surface area contributed by atoms with Crippen molar-refractivity contribution in [1.82, 2.24) is 5.43 Å². The highest BCUT2D eigenvalue weighted by Gasteiger charge is 2.16. The van der Waals surface area contributed by atoms with E-state index in [2.05, 4.69) is 29.7 Å². The van der Waals surface area contributed by atoms with Crippen LogP contribution in [-0.4, -0.2) is 0 Å². The maximum atomic E-state index is 5.81. The molecule has 19 heavy (non-hydrogen) atoms. The highest BCUT2D eigenvalue weighted by atomic mass is 35.5. The fourth-order valence-electron chi connectivity index (χ4n) is 2.21. The van der Waals surface area contributed by atoms with E-state index in [0.717, 1.165) is 10.9 Å². The standard InChI is InChI=1S/C15H13ClN2O/c16-14-8-7-13(19-14)15(18-17)12-6-5-10-3-1-2-4-11(10)9-12/h1-9,15,18H,17H2. The lowest BCUT2D eigenvalue weighted by Crippen LogP contribution is -2.28. The fraction of sp³-hybridized carbons (Fsp3) is 0.0667. The van der Waals surface area contributed by atoms with Crippen molar-refractivity contribution in [3.05, 3.63) is 71.1 Å². The van der Waals surface area contributed by atoms with Crippen LogP contribution in [0.1, 0.15) is 17.4 Å². The van der Waals surface area contributed by atoms with Crippen LogP contribution in [0.4, 0.5) is 0 Å². The maximum absolute atomic E-state index is 5.81. The Labute approximate surface area is 115 Å². The molecule has 0 aliphatic heterocycles. The normalized spacial score (nSPS) is 12.7. The number of nitrogens with one attached hydrogen (secondary N) is 1. The minimum Gasteiger partial charge on any atom is -0.448 e. The van der Waals surface area contributed by atoms with Gasteiger partial charge in [-0.25, -0.2) is 5.43 Å². The van der Waals surface area contributed by atoms with Crippen LogP contribution in [0.5, 0.6) is 0 Å². The van der Waals surface area contributed by atoms with E-state index in [-0.39, 0.29) is 6.04 Å². The summed E-state index contributed by atoms with van der Waals surface area (Å²) in [7, 11) is 0. The van der Waals surface area contributed by atoms with Gasteiger partial charge in [-0.3, -0.25) is 5.84 Å². The molecule has 2 aromatic carbocycles. The minimum absolute atomic E-state index is 0.211. The van der Waals surface area contributed by atoms with E-state index in [1.165, 1.54) is 5.39 Å². The van der Waals surface area contributed by atoms with Gasteiger partial charge < -0.3 is 4.42 Å². The van der Waals surface area contributed by atoms with Crippen molar-refractivity contribution >= 4 is 22.4 Å². The second kappa shape index (κ2) is 5.05. The Balaban J connectivity index is 2.06. The molecule has 3 rings (SSSR count). The molecule has 1 aromatic heterocycles. The van der Waals surface area contributed by atoms with Gasteiger partial charge in [0, 0.05) is 0 Å². The van der Waals surface area contributed by atoms with Gasteiger partial charge in [0.05, 0.1) is 0 Å². The van der Waals surface area contributed by atoms with E-state index in [0.29, 0.717) is 11.0 Å². The Bertz CT molecular complexity index is 708. The molecule has 0 fully saturated rings. The van der Waals surface area contributed by atoms with E-state index in [1.54, 1.807) is 6.07 Å². The number of nitrogens with two attached hydrogens (primary N) is 1. The van der Waals surface area contributed by atoms with E-state index in [1.807, 2.05) is 24.3 Å². The minimum atomic E-state index is -0.211. The molecule has 3 N–H and O–H groups in total. The van der Waals surface area contributed by atoms with Crippen molar-refractivity contribution < 1.29 is 4.42 Å². The lowest BCUT2D eigenvalue weighted by Gasteiger charge is -2.14.